The fourth-order valence-corrected chi connectivity index (χ4v) is 5.78. The van der Waals surface area contributed by atoms with Gasteiger partial charge in [0.25, 0.3) is 5.91 Å². The number of quaternary nitrogens is 1. The molecule has 0 saturated carbocycles. The molecule has 0 spiro atoms. The first-order valence-electron chi connectivity index (χ1n) is 7.79. The number of nitrogens with zero attached hydrogens (tertiary/aromatic N) is 1. The molecule has 1 N–H and O–H groups in total. The molecule has 120 valence electrons. The van der Waals surface area contributed by atoms with Crippen molar-refractivity contribution in [2.45, 2.75) is 25.9 Å². The van der Waals surface area contributed by atoms with Crippen LogP contribution in [-0.2, 0) is 14.6 Å². The first-order chi connectivity index (χ1) is 10.4. The van der Waals surface area contributed by atoms with E-state index in [4.69, 9.17) is 0 Å². The molecule has 1 amide bonds. The van der Waals surface area contributed by atoms with Crippen LogP contribution >= 0.6 is 0 Å². The van der Waals surface area contributed by atoms with Crippen LogP contribution in [0.5, 0.6) is 0 Å². The Morgan fingerprint density at radius 1 is 1.23 bits per heavy atom. The summed E-state index contributed by atoms with van der Waals surface area (Å²) in [6, 6.07) is 9.19. The Morgan fingerprint density at radius 3 is 2.55 bits per heavy atom. The number of sulfone groups is 1. The predicted octanol–water partition coefficient (Wildman–Crippen LogP) is -0.260. The number of benzene rings is 1. The van der Waals surface area contributed by atoms with E-state index in [0.717, 1.165) is 17.1 Å². The van der Waals surface area contributed by atoms with Crippen molar-refractivity contribution in [3.63, 3.8) is 0 Å². The molecule has 1 aromatic rings. The van der Waals surface area contributed by atoms with Crippen molar-refractivity contribution < 1.29 is 18.1 Å². The van der Waals surface area contributed by atoms with Crippen molar-refractivity contribution in [3.8, 4) is 0 Å². The number of hydrogen-bond donors (Lipinski definition) is 1. The summed E-state index contributed by atoms with van der Waals surface area (Å²) in [4.78, 5) is 15.5. The molecule has 2 fully saturated rings. The first kappa shape index (κ1) is 15.5. The third-order valence-corrected chi connectivity index (χ3v) is 6.25. The molecule has 1 aromatic carbocycles. The molecule has 2 saturated heterocycles. The average molecular weight is 323 g/mol. The number of fused-ring (bicyclic) bond motifs is 1. The number of anilines is 1. The Balaban J connectivity index is 1.96. The van der Waals surface area contributed by atoms with E-state index >= 15 is 0 Å². The highest BCUT2D eigenvalue weighted by molar-refractivity contribution is 7.91. The second kappa shape index (κ2) is 5.66. The van der Waals surface area contributed by atoms with E-state index in [0.29, 0.717) is 12.5 Å². The highest BCUT2D eigenvalue weighted by Crippen LogP contribution is 2.25. The monoisotopic (exact) mass is 323 g/mol. The molecular formula is C16H23N2O3S+. The Morgan fingerprint density at radius 2 is 1.91 bits per heavy atom. The number of para-hydroxylation sites is 1. The fourth-order valence-electron chi connectivity index (χ4n) is 3.74. The van der Waals surface area contributed by atoms with Gasteiger partial charge >= 0.3 is 0 Å². The standard InChI is InChI=1S/C16H22N2O3S/c1-12(2)8-17-9-16(19)18(13-6-4-3-5-7-13)15-11-22(20,21)10-14(15)17/h3-7,12,14-15H,8-11H2,1-2H3/p+1/t14-,15+/m0/s1. The lowest BCUT2D eigenvalue weighted by molar-refractivity contribution is -0.920. The van der Waals surface area contributed by atoms with Crippen LogP contribution in [-0.4, -0.2) is 51.0 Å². The van der Waals surface area contributed by atoms with Crippen LogP contribution in [0.25, 0.3) is 0 Å². The molecular weight excluding hydrogens is 300 g/mol. The van der Waals surface area contributed by atoms with Gasteiger partial charge in [-0.3, -0.25) is 9.69 Å². The van der Waals surface area contributed by atoms with E-state index in [9.17, 15) is 13.2 Å². The maximum atomic E-state index is 12.7. The van der Waals surface area contributed by atoms with Crippen molar-refractivity contribution in [3.05, 3.63) is 30.3 Å². The van der Waals surface area contributed by atoms with Crippen molar-refractivity contribution in [2.24, 2.45) is 5.92 Å². The lowest BCUT2D eigenvalue weighted by Gasteiger charge is -2.41. The molecule has 2 aliphatic rings. The van der Waals surface area contributed by atoms with Crippen LogP contribution in [0, 0.1) is 5.92 Å². The minimum atomic E-state index is -3.08. The number of rotatable bonds is 3. The van der Waals surface area contributed by atoms with Crippen LogP contribution in [0.4, 0.5) is 5.69 Å². The molecule has 1 unspecified atom stereocenters. The van der Waals surface area contributed by atoms with Gasteiger partial charge in [0.15, 0.2) is 16.4 Å². The van der Waals surface area contributed by atoms with Gasteiger partial charge in [-0.1, -0.05) is 32.0 Å². The Bertz CT molecular complexity index is 657. The van der Waals surface area contributed by atoms with Gasteiger partial charge in [0.1, 0.15) is 17.8 Å². The zero-order chi connectivity index (χ0) is 15.9. The third kappa shape index (κ3) is 2.90. The summed E-state index contributed by atoms with van der Waals surface area (Å²) in [6.07, 6.45) is 0. The molecule has 3 atom stereocenters. The smallest absolute Gasteiger partial charge is 0.282 e. The van der Waals surface area contributed by atoms with Gasteiger partial charge in [-0.15, -0.1) is 0 Å². The number of piperazine rings is 1. The van der Waals surface area contributed by atoms with Crippen molar-refractivity contribution in [1.29, 1.82) is 0 Å². The van der Waals surface area contributed by atoms with Crippen LogP contribution < -0.4 is 9.80 Å². The summed E-state index contributed by atoms with van der Waals surface area (Å²) in [5.74, 6) is 0.742. The molecule has 3 rings (SSSR count). The summed E-state index contributed by atoms with van der Waals surface area (Å²) >= 11 is 0. The number of carbonyl (C=O) groups excluding carboxylic acids is 1. The van der Waals surface area contributed by atoms with Crippen molar-refractivity contribution in [1.82, 2.24) is 0 Å². The quantitative estimate of drug-likeness (QED) is 0.834. The summed E-state index contributed by atoms with van der Waals surface area (Å²) in [5.41, 5.74) is 0.809. The second-order valence-corrected chi connectivity index (χ2v) is 8.94. The van der Waals surface area contributed by atoms with E-state index in [-0.39, 0.29) is 29.5 Å². The van der Waals surface area contributed by atoms with E-state index in [2.05, 4.69) is 13.8 Å². The topological polar surface area (TPSA) is 58.9 Å². The van der Waals surface area contributed by atoms with E-state index in [1.165, 1.54) is 0 Å². The summed E-state index contributed by atoms with van der Waals surface area (Å²) in [7, 11) is -3.08. The van der Waals surface area contributed by atoms with Crippen molar-refractivity contribution in [2.75, 3.05) is 29.5 Å². The van der Waals surface area contributed by atoms with E-state index in [1.807, 2.05) is 30.3 Å². The summed E-state index contributed by atoms with van der Waals surface area (Å²) < 4.78 is 24.3. The van der Waals surface area contributed by atoms with E-state index < -0.39 is 9.84 Å². The van der Waals surface area contributed by atoms with Crippen LogP contribution in [0.1, 0.15) is 13.8 Å². The number of amides is 1. The third-order valence-electron chi connectivity index (χ3n) is 4.53. The molecule has 0 aromatic heterocycles. The number of carbonyl (C=O) groups is 1. The number of nitrogens with one attached hydrogen (secondary N) is 1. The zero-order valence-electron chi connectivity index (χ0n) is 13.0. The highest BCUT2D eigenvalue weighted by atomic mass is 32.2. The average Bonchev–Trinajstić information content (AvgIpc) is 2.75. The molecule has 22 heavy (non-hydrogen) atoms. The Labute approximate surface area is 131 Å². The Kier molecular flexibility index (Phi) is 3.99. The molecule has 0 radical (unpaired) electrons. The highest BCUT2D eigenvalue weighted by Gasteiger charge is 2.52. The molecule has 0 bridgehead atoms. The fraction of sp³-hybridized carbons (Fsp3) is 0.562. The second-order valence-electron chi connectivity index (χ2n) is 6.78. The van der Waals surface area contributed by atoms with Gasteiger partial charge in [-0.2, -0.15) is 0 Å². The predicted molar refractivity (Wildman–Crippen MR) is 85.7 cm³/mol. The van der Waals surface area contributed by atoms with Crippen LogP contribution in [0.3, 0.4) is 0 Å². The zero-order valence-corrected chi connectivity index (χ0v) is 13.8. The maximum Gasteiger partial charge on any atom is 0.282 e. The van der Waals surface area contributed by atoms with Crippen molar-refractivity contribution >= 4 is 21.4 Å². The first-order valence-corrected chi connectivity index (χ1v) is 9.61. The maximum absolute atomic E-state index is 12.7. The molecule has 2 heterocycles. The molecule has 6 heteroatoms. The summed E-state index contributed by atoms with van der Waals surface area (Å²) in [6.45, 7) is 5.44. The molecule has 5 nitrogen and oxygen atoms in total. The van der Waals surface area contributed by atoms with Crippen LogP contribution in [0.15, 0.2) is 30.3 Å². The van der Waals surface area contributed by atoms with Gasteiger partial charge in [-0.25, -0.2) is 8.42 Å². The SMILES string of the molecule is CC(C)C[NH+]1CC(=O)N(c2ccccc2)[C@@H]2CS(=O)(=O)C[C@@H]21. The lowest BCUT2D eigenvalue weighted by Crippen LogP contribution is -3.20. The van der Waals surface area contributed by atoms with Gasteiger partial charge in [0, 0.05) is 11.6 Å². The Hall–Kier alpha value is -1.40. The van der Waals surface area contributed by atoms with Gasteiger partial charge in [-0.05, 0) is 12.1 Å². The summed E-state index contributed by atoms with van der Waals surface area (Å²) in [5, 5.41) is 0. The van der Waals surface area contributed by atoms with Gasteiger partial charge < -0.3 is 4.90 Å². The minimum Gasteiger partial charge on any atom is -0.322 e. The lowest BCUT2D eigenvalue weighted by atomic mass is 10.0. The number of hydrogen-bond acceptors (Lipinski definition) is 3. The van der Waals surface area contributed by atoms with Gasteiger partial charge in [0.2, 0.25) is 0 Å². The largest absolute Gasteiger partial charge is 0.322 e. The molecule has 2 aliphatic heterocycles. The normalized spacial score (nSPS) is 30.6. The molecule has 0 aliphatic carbocycles. The van der Waals surface area contributed by atoms with Gasteiger partial charge in [0.05, 0.1) is 12.3 Å². The van der Waals surface area contributed by atoms with E-state index in [1.54, 1.807) is 4.90 Å². The van der Waals surface area contributed by atoms with Crippen LogP contribution in [0.2, 0.25) is 0 Å². The minimum absolute atomic E-state index is 0.00898.